The van der Waals surface area contributed by atoms with Crippen LogP contribution in [0, 0.1) is 0 Å². The van der Waals surface area contributed by atoms with Gasteiger partial charge in [0.15, 0.2) is 22.7 Å². The Morgan fingerprint density at radius 1 is 1.03 bits per heavy atom. The summed E-state index contributed by atoms with van der Waals surface area (Å²) in [5.74, 6) is -0.0300. The van der Waals surface area contributed by atoms with E-state index in [1.807, 2.05) is 74.0 Å². The van der Waals surface area contributed by atoms with Crippen LogP contribution >= 0.6 is 0 Å². The van der Waals surface area contributed by atoms with Gasteiger partial charge in [-0.15, -0.1) is 5.10 Å². The van der Waals surface area contributed by atoms with Crippen LogP contribution in [0.25, 0.3) is 5.65 Å². The first-order valence-electron chi connectivity index (χ1n) is 13.0. The van der Waals surface area contributed by atoms with E-state index in [-0.39, 0.29) is 18.8 Å². The van der Waals surface area contributed by atoms with Crippen molar-refractivity contribution in [2.24, 2.45) is 0 Å². The lowest BCUT2D eigenvalue weighted by molar-refractivity contribution is -0.170. The lowest BCUT2D eigenvalue weighted by atomic mass is 10.1. The minimum Gasteiger partial charge on any atom is -0.472 e. The van der Waals surface area contributed by atoms with Crippen molar-refractivity contribution in [2.75, 3.05) is 0 Å². The molecule has 1 saturated carbocycles. The van der Waals surface area contributed by atoms with E-state index >= 15 is 0 Å². The Morgan fingerprint density at radius 3 is 2.46 bits per heavy atom. The number of carbonyl (C=O) groups is 2. The largest absolute Gasteiger partial charge is 0.472 e. The van der Waals surface area contributed by atoms with Crippen LogP contribution in [0.5, 0.6) is 5.75 Å². The minimum atomic E-state index is -1.22. The van der Waals surface area contributed by atoms with Gasteiger partial charge < -0.3 is 18.6 Å². The van der Waals surface area contributed by atoms with Crippen molar-refractivity contribution in [3.8, 4) is 5.75 Å². The highest BCUT2D eigenvalue weighted by Crippen LogP contribution is 2.42. The number of benzene rings is 1. The molecule has 0 unspecified atom stereocenters. The standard InChI is InChI=1S/C29H33N5O5/c1-28(2,3)39-27(36)29(4,5)38-24-13-21(20-11-12-20)14-33-15-22(30-25(24)33)16-34-17-23(31-32-34)26(35)37-18-19-9-7-6-8-10-19/h6-10,13-15,17,20H,11-12,16,18H2,1-5H3. The zero-order valence-corrected chi connectivity index (χ0v) is 22.9. The van der Waals surface area contributed by atoms with Crippen LogP contribution < -0.4 is 4.74 Å². The first kappa shape index (κ1) is 26.4. The predicted molar refractivity (Wildman–Crippen MR) is 142 cm³/mol. The first-order valence-corrected chi connectivity index (χ1v) is 13.0. The summed E-state index contributed by atoms with van der Waals surface area (Å²) >= 11 is 0. The maximum atomic E-state index is 12.9. The van der Waals surface area contributed by atoms with Crippen molar-refractivity contribution >= 4 is 17.6 Å². The van der Waals surface area contributed by atoms with E-state index in [0.29, 0.717) is 23.0 Å². The van der Waals surface area contributed by atoms with Gasteiger partial charge in [0, 0.05) is 12.4 Å². The molecule has 0 bridgehead atoms. The minimum absolute atomic E-state index is 0.119. The van der Waals surface area contributed by atoms with Crippen LogP contribution in [0.15, 0.2) is 55.0 Å². The summed E-state index contributed by atoms with van der Waals surface area (Å²) in [4.78, 5) is 30.0. The van der Waals surface area contributed by atoms with Crippen molar-refractivity contribution in [2.45, 2.75) is 77.7 Å². The summed E-state index contributed by atoms with van der Waals surface area (Å²) in [6.45, 7) is 9.31. The first-order chi connectivity index (χ1) is 18.5. The number of hydrogen-bond acceptors (Lipinski definition) is 8. The molecule has 0 saturated heterocycles. The molecule has 204 valence electrons. The van der Waals surface area contributed by atoms with E-state index in [1.165, 1.54) is 10.9 Å². The number of fused-ring (bicyclic) bond motifs is 1. The Balaban J connectivity index is 1.34. The SMILES string of the molecule is CC(C)(C)OC(=O)C(C)(C)Oc1cc(C2CC2)cn2cc(Cn3cc(C(=O)OCc4ccccc4)nn3)nc12. The molecule has 1 aromatic carbocycles. The second kappa shape index (κ2) is 10.2. The molecule has 0 amide bonds. The third-order valence-corrected chi connectivity index (χ3v) is 6.18. The zero-order chi connectivity index (χ0) is 27.8. The van der Waals surface area contributed by atoms with Crippen LogP contribution in [0.3, 0.4) is 0 Å². The van der Waals surface area contributed by atoms with E-state index in [4.69, 9.17) is 19.2 Å². The van der Waals surface area contributed by atoms with E-state index in [2.05, 4.69) is 10.3 Å². The summed E-state index contributed by atoms with van der Waals surface area (Å²) in [7, 11) is 0. The Labute approximate surface area is 226 Å². The van der Waals surface area contributed by atoms with Gasteiger partial charge in [-0.05, 0) is 70.6 Å². The number of carbonyl (C=O) groups excluding carboxylic acids is 2. The van der Waals surface area contributed by atoms with Gasteiger partial charge in [0.25, 0.3) is 0 Å². The van der Waals surface area contributed by atoms with Gasteiger partial charge in [0.05, 0.1) is 18.4 Å². The Kier molecular flexibility index (Phi) is 6.88. The number of esters is 2. The molecule has 1 aliphatic carbocycles. The third-order valence-electron chi connectivity index (χ3n) is 6.18. The van der Waals surface area contributed by atoms with Crippen LogP contribution in [0.2, 0.25) is 0 Å². The number of rotatable bonds is 9. The van der Waals surface area contributed by atoms with Crippen molar-refractivity contribution in [3.05, 3.63) is 77.5 Å². The van der Waals surface area contributed by atoms with E-state index < -0.39 is 23.1 Å². The Morgan fingerprint density at radius 2 is 1.77 bits per heavy atom. The van der Waals surface area contributed by atoms with Gasteiger partial charge in [-0.3, -0.25) is 0 Å². The summed E-state index contributed by atoms with van der Waals surface area (Å²) in [5, 5.41) is 8.04. The molecule has 3 heterocycles. The van der Waals surface area contributed by atoms with E-state index in [1.54, 1.807) is 13.8 Å². The second-order valence-electron chi connectivity index (χ2n) is 11.4. The average Bonchev–Trinajstić information content (AvgIpc) is 3.48. The average molecular weight is 532 g/mol. The normalized spacial score (nSPS) is 13.9. The molecule has 1 aliphatic rings. The molecule has 10 heteroatoms. The molecule has 1 fully saturated rings. The quantitative estimate of drug-likeness (QED) is 0.286. The number of ether oxygens (including phenoxy) is 3. The molecule has 3 aromatic heterocycles. The fraction of sp³-hybridized carbons (Fsp3) is 0.414. The van der Waals surface area contributed by atoms with Gasteiger partial charge in [0.1, 0.15) is 12.2 Å². The number of nitrogens with zero attached hydrogens (tertiary/aromatic N) is 5. The highest BCUT2D eigenvalue weighted by molar-refractivity contribution is 5.86. The van der Waals surface area contributed by atoms with Crippen molar-refractivity contribution in [1.29, 1.82) is 0 Å². The Bertz CT molecular complexity index is 1500. The highest BCUT2D eigenvalue weighted by atomic mass is 16.6. The van der Waals surface area contributed by atoms with E-state index in [0.717, 1.165) is 24.0 Å². The number of hydrogen-bond donors (Lipinski definition) is 0. The van der Waals surface area contributed by atoms with Gasteiger partial charge >= 0.3 is 11.9 Å². The van der Waals surface area contributed by atoms with Gasteiger partial charge in [-0.2, -0.15) is 0 Å². The molecule has 10 nitrogen and oxygen atoms in total. The molecule has 4 aromatic rings. The lowest BCUT2D eigenvalue weighted by Crippen LogP contribution is -2.43. The number of imidazole rings is 1. The molecule has 0 N–H and O–H groups in total. The fourth-order valence-corrected chi connectivity index (χ4v) is 4.08. The highest BCUT2D eigenvalue weighted by Gasteiger charge is 2.36. The maximum absolute atomic E-state index is 12.9. The molecule has 39 heavy (non-hydrogen) atoms. The van der Waals surface area contributed by atoms with Crippen LogP contribution in [0.1, 0.15) is 80.7 Å². The third kappa shape index (κ3) is 6.45. The van der Waals surface area contributed by atoms with Gasteiger partial charge in [0.2, 0.25) is 0 Å². The van der Waals surface area contributed by atoms with E-state index in [9.17, 15) is 9.59 Å². The van der Waals surface area contributed by atoms with Crippen LogP contribution in [0.4, 0.5) is 0 Å². The van der Waals surface area contributed by atoms with Crippen molar-refractivity contribution in [3.63, 3.8) is 0 Å². The maximum Gasteiger partial charge on any atom is 0.360 e. The fourth-order valence-electron chi connectivity index (χ4n) is 4.08. The molecule has 0 spiro atoms. The number of aromatic nitrogens is 5. The lowest BCUT2D eigenvalue weighted by Gasteiger charge is -2.29. The van der Waals surface area contributed by atoms with Crippen LogP contribution in [-0.4, -0.2) is 47.5 Å². The summed E-state index contributed by atoms with van der Waals surface area (Å²) in [6.07, 6.45) is 7.71. The summed E-state index contributed by atoms with van der Waals surface area (Å²) < 4.78 is 20.6. The monoisotopic (exact) mass is 531 g/mol. The topological polar surface area (TPSA) is 110 Å². The second-order valence-corrected chi connectivity index (χ2v) is 11.4. The summed E-state index contributed by atoms with van der Waals surface area (Å²) in [6, 6.07) is 11.4. The summed E-state index contributed by atoms with van der Waals surface area (Å²) in [5.41, 5.74) is 1.56. The smallest absolute Gasteiger partial charge is 0.360 e. The molecule has 0 atom stereocenters. The Hall–Kier alpha value is -4.21. The van der Waals surface area contributed by atoms with Crippen molar-refractivity contribution < 1.29 is 23.8 Å². The molecule has 5 rings (SSSR count). The molecule has 0 radical (unpaired) electrons. The zero-order valence-electron chi connectivity index (χ0n) is 22.9. The van der Waals surface area contributed by atoms with Crippen LogP contribution in [-0.2, 0) is 27.4 Å². The molecular weight excluding hydrogens is 498 g/mol. The number of pyridine rings is 1. The van der Waals surface area contributed by atoms with Crippen molar-refractivity contribution in [1.82, 2.24) is 24.4 Å². The van der Waals surface area contributed by atoms with Gasteiger partial charge in [-0.1, -0.05) is 35.5 Å². The molecule has 0 aliphatic heterocycles. The van der Waals surface area contributed by atoms with Gasteiger partial charge in [-0.25, -0.2) is 19.3 Å². The molecular formula is C29H33N5O5. The predicted octanol–water partition coefficient (Wildman–Crippen LogP) is 4.71.